The Kier molecular flexibility index (Phi) is 3.77. The van der Waals surface area contributed by atoms with Crippen molar-refractivity contribution in [2.24, 2.45) is 0 Å². The summed E-state index contributed by atoms with van der Waals surface area (Å²) < 4.78 is 5.15. The molecule has 0 radical (unpaired) electrons. The number of esters is 1. The van der Waals surface area contributed by atoms with Crippen LogP contribution in [0, 0.1) is 0 Å². The second-order valence-corrected chi connectivity index (χ2v) is 6.69. The minimum absolute atomic E-state index is 0.0311. The van der Waals surface area contributed by atoms with E-state index in [9.17, 15) is 4.79 Å². The van der Waals surface area contributed by atoms with Crippen molar-refractivity contribution in [3.05, 3.63) is 71.2 Å². The van der Waals surface area contributed by atoms with Gasteiger partial charge in [-0.2, -0.15) is 0 Å². The molecule has 0 N–H and O–H groups in total. The molecule has 1 aliphatic carbocycles. The molecule has 0 unspecified atom stereocenters. The highest BCUT2D eigenvalue weighted by Crippen LogP contribution is 2.49. The molecule has 1 fully saturated rings. The quantitative estimate of drug-likeness (QED) is 0.614. The first-order valence-electron chi connectivity index (χ1n) is 7.99. The van der Waals surface area contributed by atoms with E-state index in [0.29, 0.717) is 11.8 Å². The van der Waals surface area contributed by atoms with Gasteiger partial charge < -0.3 is 9.64 Å². The lowest BCUT2D eigenvalue weighted by Crippen LogP contribution is -2.39. The Morgan fingerprint density at radius 2 is 1.96 bits per heavy atom. The van der Waals surface area contributed by atoms with Crippen LogP contribution in [0.15, 0.2) is 60.4 Å². The van der Waals surface area contributed by atoms with Gasteiger partial charge in [0.15, 0.2) is 0 Å². The van der Waals surface area contributed by atoms with Gasteiger partial charge in [-0.3, -0.25) is 0 Å². The minimum atomic E-state index is -0.269. The van der Waals surface area contributed by atoms with Gasteiger partial charge in [0.25, 0.3) is 0 Å². The van der Waals surface area contributed by atoms with Gasteiger partial charge in [0, 0.05) is 23.5 Å². The summed E-state index contributed by atoms with van der Waals surface area (Å²) in [5, 5.41) is 0.501. The molecule has 0 spiro atoms. The molecule has 4 rings (SSSR count). The number of hydrogen-bond acceptors (Lipinski definition) is 4. The Balaban J connectivity index is 1.69. The number of aromatic nitrogens is 1. The van der Waals surface area contributed by atoms with Gasteiger partial charge in [-0.15, -0.1) is 0 Å². The van der Waals surface area contributed by atoms with Gasteiger partial charge >= 0.3 is 5.97 Å². The lowest BCUT2D eigenvalue weighted by atomic mass is 10.0. The van der Waals surface area contributed by atoms with E-state index in [1.807, 2.05) is 36.5 Å². The number of rotatable bonds is 5. The molecule has 24 heavy (non-hydrogen) atoms. The van der Waals surface area contributed by atoms with Crippen molar-refractivity contribution in [3.8, 4) is 0 Å². The lowest BCUT2D eigenvalue weighted by Gasteiger charge is -2.34. The highest BCUT2D eigenvalue weighted by molar-refractivity contribution is 6.29. The van der Waals surface area contributed by atoms with E-state index >= 15 is 0 Å². The number of para-hydroxylation sites is 1. The zero-order chi connectivity index (χ0) is 16.6. The predicted molar refractivity (Wildman–Crippen MR) is 92.9 cm³/mol. The molecule has 1 aliphatic heterocycles. The third-order valence-corrected chi connectivity index (χ3v) is 4.80. The molecule has 2 heterocycles. The maximum absolute atomic E-state index is 11.6. The van der Waals surface area contributed by atoms with E-state index in [1.54, 1.807) is 6.08 Å². The summed E-state index contributed by atoms with van der Waals surface area (Å²) >= 11 is 5.89. The smallest absolute Gasteiger partial charge is 0.333 e. The fraction of sp³-hybridized carbons (Fsp3) is 0.263. The summed E-state index contributed by atoms with van der Waals surface area (Å²) in [4.78, 5) is 18.0. The first kappa shape index (κ1) is 15.2. The number of nitrogens with zero attached hydrogens (tertiary/aromatic N) is 2. The minimum Gasteiger partial charge on any atom is -0.456 e. The number of pyridine rings is 1. The van der Waals surface area contributed by atoms with Crippen LogP contribution in [0.2, 0.25) is 5.15 Å². The molecular weight excluding hydrogens is 324 g/mol. The number of carbonyl (C=O) groups is 1. The van der Waals surface area contributed by atoms with E-state index < -0.39 is 0 Å². The molecule has 0 atom stereocenters. The highest BCUT2D eigenvalue weighted by atomic mass is 35.5. The van der Waals surface area contributed by atoms with Crippen molar-refractivity contribution in [1.29, 1.82) is 0 Å². The predicted octanol–water partition coefficient (Wildman–Crippen LogP) is 3.76. The molecule has 1 aromatic carbocycles. The Morgan fingerprint density at radius 3 is 2.54 bits per heavy atom. The zero-order valence-corrected chi connectivity index (χ0v) is 13.9. The molecule has 0 saturated heterocycles. The zero-order valence-electron chi connectivity index (χ0n) is 13.1. The summed E-state index contributed by atoms with van der Waals surface area (Å²) in [6.07, 6.45) is 6.42. The van der Waals surface area contributed by atoms with Crippen molar-refractivity contribution in [2.75, 3.05) is 11.5 Å². The van der Waals surface area contributed by atoms with Crippen LogP contribution in [0.1, 0.15) is 18.4 Å². The van der Waals surface area contributed by atoms with E-state index in [1.165, 1.54) is 0 Å². The lowest BCUT2D eigenvalue weighted by molar-refractivity contribution is -0.134. The fourth-order valence-corrected chi connectivity index (χ4v) is 3.44. The van der Waals surface area contributed by atoms with Gasteiger partial charge in [0.1, 0.15) is 11.8 Å². The van der Waals surface area contributed by atoms with Crippen molar-refractivity contribution in [1.82, 2.24) is 4.98 Å². The number of anilines is 1. The Hall–Kier alpha value is -2.33. The molecule has 122 valence electrons. The van der Waals surface area contributed by atoms with Crippen LogP contribution < -0.4 is 4.90 Å². The monoisotopic (exact) mass is 340 g/mol. The van der Waals surface area contributed by atoms with Crippen LogP contribution in [0.4, 0.5) is 5.69 Å². The SMILES string of the molecule is O=C1C=C(N(c2ccccc2)C2(Cc3ccc(Cl)nc3)CC2)CO1. The van der Waals surface area contributed by atoms with Crippen molar-refractivity contribution < 1.29 is 9.53 Å². The Labute approximate surface area is 145 Å². The maximum atomic E-state index is 11.6. The van der Waals surface area contributed by atoms with Crippen LogP contribution in [-0.2, 0) is 16.0 Å². The van der Waals surface area contributed by atoms with Gasteiger partial charge in [-0.1, -0.05) is 35.9 Å². The largest absolute Gasteiger partial charge is 0.456 e. The topological polar surface area (TPSA) is 42.4 Å². The summed E-state index contributed by atoms with van der Waals surface area (Å²) in [5.41, 5.74) is 3.12. The highest BCUT2D eigenvalue weighted by Gasteiger charge is 2.50. The van der Waals surface area contributed by atoms with Gasteiger partial charge in [-0.25, -0.2) is 9.78 Å². The first-order valence-corrected chi connectivity index (χ1v) is 8.37. The third kappa shape index (κ3) is 2.89. The third-order valence-electron chi connectivity index (χ3n) is 4.57. The van der Waals surface area contributed by atoms with Gasteiger partial charge in [0.05, 0.1) is 5.70 Å². The van der Waals surface area contributed by atoms with Crippen molar-refractivity contribution in [2.45, 2.75) is 24.8 Å². The molecule has 5 heteroatoms. The van der Waals surface area contributed by atoms with Crippen molar-refractivity contribution in [3.63, 3.8) is 0 Å². The van der Waals surface area contributed by atoms with E-state index in [2.05, 4.69) is 22.0 Å². The fourth-order valence-electron chi connectivity index (χ4n) is 3.33. The molecule has 1 aromatic heterocycles. The molecule has 0 bridgehead atoms. The van der Waals surface area contributed by atoms with Crippen molar-refractivity contribution >= 4 is 23.3 Å². The summed E-state index contributed by atoms with van der Waals surface area (Å²) in [7, 11) is 0. The summed E-state index contributed by atoms with van der Waals surface area (Å²) in [6, 6.07) is 14.0. The number of hydrogen-bond donors (Lipinski definition) is 0. The maximum Gasteiger partial charge on any atom is 0.333 e. The van der Waals surface area contributed by atoms with Crippen LogP contribution in [-0.4, -0.2) is 23.1 Å². The number of halogens is 1. The van der Waals surface area contributed by atoms with Crippen LogP contribution in [0.3, 0.4) is 0 Å². The molecular formula is C19H17ClN2O2. The van der Waals surface area contributed by atoms with E-state index in [-0.39, 0.29) is 11.5 Å². The normalized spacial score (nSPS) is 18.0. The van der Waals surface area contributed by atoms with E-state index in [0.717, 1.165) is 36.2 Å². The molecule has 2 aromatic rings. The van der Waals surface area contributed by atoms with E-state index in [4.69, 9.17) is 16.3 Å². The first-order chi connectivity index (χ1) is 11.7. The van der Waals surface area contributed by atoms with Crippen LogP contribution in [0.5, 0.6) is 0 Å². The summed E-state index contributed by atoms with van der Waals surface area (Å²) in [6.45, 7) is 0.328. The Bertz CT molecular complexity index is 783. The molecule has 4 nitrogen and oxygen atoms in total. The summed E-state index contributed by atoms with van der Waals surface area (Å²) in [5.74, 6) is -0.269. The van der Waals surface area contributed by atoms with Gasteiger partial charge in [-0.05, 0) is 43.0 Å². The standard InChI is InChI=1S/C19H17ClN2O2/c20-17-7-6-14(12-21-17)11-19(8-9-19)22(15-4-2-1-3-5-15)16-10-18(23)24-13-16/h1-7,10,12H,8-9,11,13H2. The molecule has 2 aliphatic rings. The second-order valence-electron chi connectivity index (χ2n) is 6.30. The molecule has 0 amide bonds. The average molecular weight is 341 g/mol. The second kappa shape index (κ2) is 5.95. The number of carbonyl (C=O) groups excluding carboxylic acids is 1. The van der Waals surface area contributed by atoms with Gasteiger partial charge in [0.2, 0.25) is 0 Å². The molecule has 1 saturated carbocycles. The number of cyclic esters (lactones) is 1. The Morgan fingerprint density at radius 1 is 1.17 bits per heavy atom. The van der Waals surface area contributed by atoms with Crippen LogP contribution in [0.25, 0.3) is 0 Å². The number of benzene rings is 1. The average Bonchev–Trinajstić information content (AvgIpc) is 3.23. The number of ether oxygens (including phenoxy) is 1. The van der Waals surface area contributed by atoms with Crippen LogP contribution >= 0.6 is 11.6 Å².